The van der Waals surface area contributed by atoms with E-state index < -0.39 is 15.8 Å². The van der Waals surface area contributed by atoms with E-state index in [1.807, 2.05) is 6.92 Å². The number of sulfonamides is 1. The fourth-order valence-corrected chi connectivity index (χ4v) is 2.47. The summed E-state index contributed by atoms with van der Waals surface area (Å²) in [6.07, 6.45) is 1.64. The Morgan fingerprint density at radius 1 is 1.33 bits per heavy atom. The third kappa shape index (κ3) is 3.96. The molecule has 1 aromatic carbocycles. The van der Waals surface area contributed by atoms with E-state index >= 15 is 0 Å². The molecule has 0 spiro atoms. The maximum absolute atomic E-state index is 13.5. The van der Waals surface area contributed by atoms with Crippen LogP contribution in [0.2, 0.25) is 0 Å². The van der Waals surface area contributed by atoms with E-state index in [0.29, 0.717) is 13.2 Å². The summed E-state index contributed by atoms with van der Waals surface area (Å²) in [7, 11) is -3.63. The van der Waals surface area contributed by atoms with Gasteiger partial charge in [0.15, 0.2) is 11.6 Å². The van der Waals surface area contributed by atoms with Gasteiger partial charge in [0.2, 0.25) is 10.0 Å². The Labute approximate surface area is 107 Å². The van der Waals surface area contributed by atoms with Crippen LogP contribution in [0.3, 0.4) is 0 Å². The monoisotopic (exact) mass is 275 g/mol. The molecule has 0 saturated heterocycles. The summed E-state index contributed by atoms with van der Waals surface area (Å²) in [6, 6.07) is 3.63. The Kier molecular flexibility index (Phi) is 5.55. The quantitative estimate of drug-likeness (QED) is 0.777. The fourth-order valence-electron chi connectivity index (χ4n) is 1.39. The molecule has 0 fully saturated rings. The summed E-state index contributed by atoms with van der Waals surface area (Å²) in [5.41, 5.74) is 0. The van der Waals surface area contributed by atoms with Gasteiger partial charge in [-0.05, 0) is 31.5 Å². The Hall–Kier alpha value is -1.14. The van der Waals surface area contributed by atoms with E-state index in [1.165, 1.54) is 12.1 Å². The molecule has 0 aliphatic rings. The molecule has 0 aromatic heterocycles. The van der Waals surface area contributed by atoms with Crippen LogP contribution < -0.4 is 9.46 Å². The minimum absolute atomic E-state index is 0.0602. The fraction of sp³-hybridized carbons (Fsp3) is 0.500. The topological polar surface area (TPSA) is 55.4 Å². The molecule has 0 amide bonds. The van der Waals surface area contributed by atoms with Crippen molar-refractivity contribution >= 4 is 10.0 Å². The Morgan fingerprint density at radius 2 is 2.06 bits per heavy atom. The number of hydrogen-bond donors (Lipinski definition) is 1. The summed E-state index contributed by atoms with van der Waals surface area (Å²) in [4.78, 5) is -0.0837. The van der Waals surface area contributed by atoms with Crippen LogP contribution in [0.1, 0.15) is 26.7 Å². The normalized spacial score (nSPS) is 11.5. The maximum Gasteiger partial charge on any atom is 0.240 e. The number of halogens is 1. The Bertz CT molecular complexity index is 488. The van der Waals surface area contributed by atoms with Crippen molar-refractivity contribution in [1.82, 2.24) is 4.72 Å². The highest BCUT2D eigenvalue weighted by Crippen LogP contribution is 2.20. The molecule has 18 heavy (non-hydrogen) atoms. The number of benzene rings is 1. The van der Waals surface area contributed by atoms with Crippen molar-refractivity contribution in [3.05, 3.63) is 24.0 Å². The highest BCUT2D eigenvalue weighted by atomic mass is 32.2. The van der Waals surface area contributed by atoms with Gasteiger partial charge in [0, 0.05) is 6.54 Å². The smallest absolute Gasteiger partial charge is 0.240 e. The van der Waals surface area contributed by atoms with Crippen molar-refractivity contribution in [2.75, 3.05) is 13.2 Å². The first-order valence-electron chi connectivity index (χ1n) is 5.93. The Balaban J connectivity index is 2.86. The number of ether oxygens (including phenoxy) is 1. The summed E-state index contributed by atoms with van der Waals surface area (Å²) in [5, 5.41) is 0. The lowest BCUT2D eigenvalue weighted by Gasteiger charge is -2.08. The van der Waals surface area contributed by atoms with Gasteiger partial charge < -0.3 is 4.74 Å². The molecule has 1 rings (SSSR count). The summed E-state index contributed by atoms with van der Waals surface area (Å²) in [6.45, 7) is 4.38. The summed E-state index contributed by atoms with van der Waals surface area (Å²) < 4.78 is 44.6. The predicted octanol–water partition coefficient (Wildman–Crippen LogP) is 2.30. The second-order valence-electron chi connectivity index (χ2n) is 3.78. The van der Waals surface area contributed by atoms with Gasteiger partial charge in [0.1, 0.15) is 0 Å². The minimum Gasteiger partial charge on any atom is -0.491 e. The van der Waals surface area contributed by atoms with Gasteiger partial charge >= 0.3 is 0 Å². The van der Waals surface area contributed by atoms with E-state index in [1.54, 1.807) is 6.92 Å². The van der Waals surface area contributed by atoms with Crippen LogP contribution in [0.4, 0.5) is 4.39 Å². The first kappa shape index (κ1) is 14.9. The highest BCUT2D eigenvalue weighted by Gasteiger charge is 2.15. The van der Waals surface area contributed by atoms with Gasteiger partial charge in [-0.15, -0.1) is 0 Å². The van der Waals surface area contributed by atoms with Gasteiger partial charge in [0.25, 0.3) is 0 Å². The van der Waals surface area contributed by atoms with Crippen molar-refractivity contribution in [1.29, 1.82) is 0 Å². The molecule has 0 unspecified atom stereocenters. The molecule has 1 aromatic rings. The molecule has 6 heteroatoms. The zero-order chi connectivity index (χ0) is 13.6. The van der Waals surface area contributed by atoms with Crippen molar-refractivity contribution in [2.45, 2.75) is 31.6 Å². The molecule has 102 valence electrons. The van der Waals surface area contributed by atoms with E-state index in [0.717, 1.165) is 18.9 Å². The number of hydrogen-bond acceptors (Lipinski definition) is 3. The molecule has 0 atom stereocenters. The molecule has 0 saturated carbocycles. The van der Waals surface area contributed by atoms with Gasteiger partial charge in [-0.25, -0.2) is 17.5 Å². The van der Waals surface area contributed by atoms with Gasteiger partial charge in [-0.1, -0.05) is 13.3 Å². The summed E-state index contributed by atoms with van der Waals surface area (Å²) in [5.74, 6) is -0.611. The lowest BCUT2D eigenvalue weighted by atomic mass is 10.3. The lowest BCUT2D eigenvalue weighted by Crippen LogP contribution is -2.24. The average molecular weight is 275 g/mol. The average Bonchev–Trinajstić information content (AvgIpc) is 2.32. The van der Waals surface area contributed by atoms with Gasteiger partial charge in [0.05, 0.1) is 11.5 Å². The van der Waals surface area contributed by atoms with Crippen molar-refractivity contribution in [3.63, 3.8) is 0 Å². The zero-order valence-corrected chi connectivity index (χ0v) is 11.4. The van der Waals surface area contributed by atoms with Crippen LogP contribution in [0.5, 0.6) is 5.75 Å². The van der Waals surface area contributed by atoms with Gasteiger partial charge in [-0.3, -0.25) is 0 Å². The van der Waals surface area contributed by atoms with Crippen LogP contribution in [-0.2, 0) is 10.0 Å². The molecule has 0 radical (unpaired) electrons. The second-order valence-corrected chi connectivity index (χ2v) is 5.54. The van der Waals surface area contributed by atoms with Crippen LogP contribution in [0.25, 0.3) is 0 Å². The molecule has 0 bridgehead atoms. The van der Waals surface area contributed by atoms with E-state index in [4.69, 9.17) is 4.74 Å². The zero-order valence-electron chi connectivity index (χ0n) is 10.6. The molecule has 4 nitrogen and oxygen atoms in total. The second kappa shape index (κ2) is 6.70. The maximum atomic E-state index is 13.5. The first-order valence-corrected chi connectivity index (χ1v) is 7.41. The standard InChI is InChI=1S/C12H18FNO3S/c1-3-5-8-14-18(15,16)10-6-7-12(17-4-2)11(13)9-10/h6-7,9,14H,3-5,8H2,1-2H3. The highest BCUT2D eigenvalue weighted by molar-refractivity contribution is 7.89. The van der Waals surface area contributed by atoms with E-state index in [9.17, 15) is 12.8 Å². The van der Waals surface area contributed by atoms with Crippen LogP contribution >= 0.6 is 0 Å². The molecular weight excluding hydrogens is 257 g/mol. The molecule has 0 aliphatic heterocycles. The molecular formula is C12H18FNO3S. The largest absolute Gasteiger partial charge is 0.491 e. The minimum atomic E-state index is -3.63. The van der Waals surface area contributed by atoms with Crippen molar-refractivity contribution in [2.24, 2.45) is 0 Å². The van der Waals surface area contributed by atoms with Crippen LogP contribution in [0, 0.1) is 5.82 Å². The molecule has 1 N–H and O–H groups in total. The van der Waals surface area contributed by atoms with Crippen molar-refractivity contribution in [3.8, 4) is 5.75 Å². The molecule has 0 heterocycles. The predicted molar refractivity (Wildman–Crippen MR) is 67.7 cm³/mol. The summed E-state index contributed by atoms with van der Waals surface area (Å²) >= 11 is 0. The Morgan fingerprint density at radius 3 is 2.61 bits per heavy atom. The third-order valence-corrected chi connectivity index (χ3v) is 3.79. The van der Waals surface area contributed by atoms with Crippen molar-refractivity contribution < 1.29 is 17.5 Å². The SMILES string of the molecule is CCCCNS(=O)(=O)c1ccc(OCC)c(F)c1. The number of unbranched alkanes of at least 4 members (excludes halogenated alkanes) is 1. The first-order chi connectivity index (χ1) is 8.51. The van der Waals surface area contributed by atoms with Crippen LogP contribution in [0.15, 0.2) is 23.1 Å². The lowest BCUT2D eigenvalue weighted by molar-refractivity contribution is 0.321. The van der Waals surface area contributed by atoms with Gasteiger partial charge in [-0.2, -0.15) is 0 Å². The van der Waals surface area contributed by atoms with E-state index in [2.05, 4.69) is 4.72 Å². The number of nitrogens with one attached hydrogen (secondary N) is 1. The number of rotatable bonds is 7. The van der Waals surface area contributed by atoms with Crippen LogP contribution in [-0.4, -0.2) is 21.6 Å². The molecule has 0 aliphatic carbocycles. The van der Waals surface area contributed by atoms with E-state index in [-0.39, 0.29) is 10.6 Å². The third-order valence-electron chi connectivity index (χ3n) is 2.34.